The zero-order valence-corrected chi connectivity index (χ0v) is 18.2. The van der Waals surface area contributed by atoms with Crippen molar-refractivity contribution in [3.05, 3.63) is 71.8 Å². The van der Waals surface area contributed by atoms with E-state index in [0.717, 1.165) is 5.56 Å². The predicted molar refractivity (Wildman–Crippen MR) is 117 cm³/mol. The zero-order valence-electron chi connectivity index (χ0n) is 18.2. The van der Waals surface area contributed by atoms with Gasteiger partial charge in [0.25, 0.3) is 0 Å². The first-order chi connectivity index (χ1) is 16.5. The van der Waals surface area contributed by atoms with Crippen LogP contribution in [0.1, 0.15) is 24.0 Å². The fourth-order valence-electron chi connectivity index (χ4n) is 3.90. The van der Waals surface area contributed by atoms with Gasteiger partial charge in [-0.05, 0) is 43.2 Å². The summed E-state index contributed by atoms with van der Waals surface area (Å²) in [5.41, 5.74) is -1.86. The summed E-state index contributed by atoms with van der Waals surface area (Å²) in [6.07, 6.45) is -9.25. The first-order valence-electron chi connectivity index (χ1n) is 10.7. The van der Waals surface area contributed by atoms with Crippen LogP contribution in [0.15, 0.2) is 60.7 Å². The Balaban J connectivity index is 1.40. The molecule has 1 aromatic heterocycles. The van der Waals surface area contributed by atoms with Crippen LogP contribution < -0.4 is 10.2 Å². The van der Waals surface area contributed by atoms with Gasteiger partial charge in [-0.15, -0.1) is 10.2 Å². The quantitative estimate of drug-likeness (QED) is 0.450. The van der Waals surface area contributed by atoms with Crippen LogP contribution in [0.2, 0.25) is 0 Å². The molecule has 1 fully saturated rings. The Morgan fingerprint density at radius 2 is 1.43 bits per heavy atom. The Bertz CT molecular complexity index is 1140. The molecule has 11 heteroatoms. The molecule has 0 atom stereocenters. The molecular weight excluding hydrogens is 474 g/mol. The zero-order chi connectivity index (χ0) is 25.2. The highest BCUT2D eigenvalue weighted by Gasteiger charge is 2.37. The van der Waals surface area contributed by atoms with Crippen molar-refractivity contribution in [1.29, 1.82) is 0 Å². The number of benzene rings is 2. The van der Waals surface area contributed by atoms with Gasteiger partial charge in [0.15, 0.2) is 5.82 Å². The minimum absolute atomic E-state index is 0.0260. The fraction of sp³-hybridized carbons (Fsp3) is 0.292. The van der Waals surface area contributed by atoms with Gasteiger partial charge in [0.2, 0.25) is 5.91 Å². The molecule has 1 amide bonds. The van der Waals surface area contributed by atoms with Crippen molar-refractivity contribution in [2.24, 2.45) is 5.92 Å². The molecule has 0 aliphatic carbocycles. The minimum Gasteiger partial charge on any atom is -0.355 e. The molecule has 4 rings (SSSR count). The molecule has 1 aliphatic heterocycles. The third-order valence-corrected chi connectivity index (χ3v) is 5.76. The van der Waals surface area contributed by atoms with E-state index >= 15 is 0 Å². The molecular formula is C24H20F6N4O. The van der Waals surface area contributed by atoms with Crippen molar-refractivity contribution >= 4 is 17.4 Å². The maximum Gasteiger partial charge on any atom is 0.416 e. The highest BCUT2D eigenvalue weighted by atomic mass is 19.4. The number of rotatable bonds is 4. The number of piperidine rings is 1. The first kappa shape index (κ1) is 24.5. The topological polar surface area (TPSA) is 58.1 Å². The van der Waals surface area contributed by atoms with Gasteiger partial charge in [0, 0.05) is 30.3 Å². The van der Waals surface area contributed by atoms with Crippen LogP contribution in [-0.2, 0) is 17.1 Å². The van der Waals surface area contributed by atoms with Crippen LogP contribution in [-0.4, -0.2) is 29.2 Å². The smallest absolute Gasteiger partial charge is 0.355 e. The summed E-state index contributed by atoms with van der Waals surface area (Å²) in [6.45, 7) is 0.877. The van der Waals surface area contributed by atoms with E-state index in [9.17, 15) is 31.1 Å². The number of carbonyl (C=O) groups is 1. The normalized spacial score (nSPS) is 15.2. The third-order valence-electron chi connectivity index (χ3n) is 5.76. The Kier molecular flexibility index (Phi) is 6.68. The molecule has 0 bridgehead atoms. The lowest BCUT2D eigenvalue weighted by Crippen LogP contribution is -2.38. The molecule has 1 aliphatic rings. The Labute approximate surface area is 196 Å². The maximum atomic E-state index is 13.1. The van der Waals surface area contributed by atoms with Gasteiger partial charge < -0.3 is 10.2 Å². The number of carbonyl (C=O) groups excluding carboxylic acids is 1. The van der Waals surface area contributed by atoms with Crippen LogP contribution in [0.4, 0.5) is 37.8 Å². The number of halogens is 6. The van der Waals surface area contributed by atoms with Crippen molar-refractivity contribution in [3.8, 4) is 11.3 Å². The number of aromatic nitrogens is 2. The fourth-order valence-corrected chi connectivity index (χ4v) is 3.90. The first-order valence-corrected chi connectivity index (χ1v) is 10.7. The average molecular weight is 494 g/mol. The number of nitrogens with one attached hydrogen (secondary N) is 1. The third kappa shape index (κ3) is 5.90. The standard InChI is InChI=1S/C24H20F6N4O/c25-23(26,27)17-12-18(24(28,29)30)14-19(13-17)31-22(35)16-8-10-34(11-9-16)21-7-6-20(32-33-21)15-4-2-1-3-5-15/h1-7,12-14,16H,8-11H2,(H,31,35). The SMILES string of the molecule is O=C(Nc1cc(C(F)(F)F)cc(C(F)(F)F)c1)C1CCN(c2ccc(-c3ccccc3)nn2)CC1. The summed E-state index contributed by atoms with van der Waals surface area (Å²) in [5.74, 6) is -0.564. The summed E-state index contributed by atoms with van der Waals surface area (Å²) in [7, 11) is 0. The van der Waals surface area contributed by atoms with Gasteiger partial charge >= 0.3 is 12.4 Å². The van der Waals surface area contributed by atoms with Gasteiger partial charge in [0.05, 0.1) is 16.8 Å². The van der Waals surface area contributed by atoms with E-state index in [4.69, 9.17) is 0 Å². The van der Waals surface area contributed by atoms with Crippen LogP contribution in [0, 0.1) is 5.92 Å². The van der Waals surface area contributed by atoms with Crippen molar-refractivity contribution in [2.75, 3.05) is 23.3 Å². The van der Waals surface area contributed by atoms with Crippen LogP contribution in [0.3, 0.4) is 0 Å². The van der Waals surface area contributed by atoms with Crippen molar-refractivity contribution in [2.45, 2.75) is 25.2 Å². The molecule has 0 spiro atoms. The molecule has 1 saturated heterocycles. The molecule has 0 saturated carbocycles. The summed E-state index contributed by atoms with van der Waals surface area (Å²) < 4.78 is 78.3. The predicted octanol–water partition coefficient (Wildman–Crippen LogP) is 6.04. The van der Waals surface area contributed by atoms with E-state index in [-0.39, 0.29) is 6.07 Å². The van der Waals surface area contributed by atoms with Crippen molar-refractivity contribution in [1.82, 2.24) is 10.2 Å². The van der Waals surface area contributed by atoms with Gasteiger partial charge in [-0.3, -0.25) is 4.79 Å². The number of hydrogen-bond acceptors (Lipinski definition) is 4. The Morgan fingerprint density at radius 1 is 0.829 bits per heavy atom. The Morgan fingerprint density at radius 3 is 1.94 bits per heavy atom. The molecule has 184 valence electrons. The monoisotopic (exact) mass is 494 g/mol. The summed E-state index contributed by atoms with van der Waals surface area (Å²) in [6, 6.07) is 14.2. The lowest BCUT2D eigenvalue weighted by molar-refractivity contribution is -0.143. The van der Waals surface area contributed by atoms with Crippen LogP contribution in [0.25, 0.3) is 11.3 Å². The molecule has 0 unspecified atom stereocenters. The van der Waals surface area contributed by atoms with Gasteiger partial charge in [0.1, 0.15) is 0 Å². The van der Waals surface area contributed by atoms with E-state index in [1.807, 2.05) is 47.4 Å². The molecule has 0 radical (unpaired) electrons. The van der Waals surface area contributed by atoms with Gasteiger partial charge in [-0.2, -0.15) is 26.3 Å². The lowest BCUT2D eigenvalue weighted by Gasteiger charge is -2.32. The lowest BCUT2D eigenvalue weighted by atomic mass is 9.95. The van der Waals surface area contributed by atoms with E-state index in [1.54, 1.807) is 0 Å². The second-order valence-electron chi connectivity index (χ2n) is 8.19. The van der Waals surface area contributed by atoms with Crippen molar-refractivity contribution in [3.63, 3.8) is 0 Å². The summed E-state index contributed by atoms with van der Waals surface area (Å²) >= 11 is 0. The summed E-state index contributed by atoms with van der Waals surface area (Å²) in [5, 5.41) is 10.7. The highest BCUT2D eigenvalue weighted by molar-refractivity contribution is 5.93. The van der Waals surface area contributed by atoms with Gasteiger partial charge in [-0.1, -0.05) is 30.3 Å². The summed E-state index contributed by atoms with van der Waals surface area (Å²) in [4.78, 5) is 14.5. The van der Waals surface area contributed by atoms with E-state index in [2.05, 4.69) is 15.5 Å². The van der Waals surface area contributed by atoms with Crippen LogP contribution >= 0.6 is 0 Å². The molecule has 3 aromatic rings. The largest absolute Gasteiger partial charge is 0.416 e. The molecule has 35 heavy (non-hydrogen) atoms. The second kappa shape index (κ2) is 9.55. The molecule has 1 N–H and O–H groups in total. The number of anilines is 2. The highest BCUT2D eigenvalue weighted by Crippen LogP contribution is 2.37. The number of hydrogen-bond donors (Lipinski definition) is 1. The van der Waals surface area contributed by atoms with Crippen molar-refractivity contribution < 1.29 is 31.1 Å². The van der Waals surface area contributed by atoms with Gasteiger partial charge in [-0.25, -0.2) is 0 Å². The van der Waals surface area contributed by atoms with E-state index < -0.39 is 41.0 Å². The molecule has 5 nitrogen and oxygen atoms in total. The number of alkyl halides is 6. The van der Waals surface area contributed by atoms with E-state index in [1.165, 1.54) is 0 Å². The number of amides is 1. The minimum atomic E-state index is -4.98. The second-order valence-corrected chi connectivity index (χ2v) is 8.19. The van der Waals surface area contributed by atoms with Crippen LogP contribution in [0.5, 0.6) is 0 Å². The maximum absolute atomic E-state index is 13.1. The number of nitrogens with zero attached hydrogens (tertiary/aromatic N) is 3. The Hall–Kier alpha value is -3.63. The van der Waals surface area contributed by atoms with E-state index in [0.29, 0.717) is 49.6 Å². The molecule has 2 aromatic carbocycles. The molecule has 2 heterocycles. The average Bonchev–Trinajstić information content (AvgIpc) is 2.83.